The minimum absolute atomic E-state index is 0. The number of rotatable bonds is 0. The summed E-state index contributed by atoms with van der Waals surface area (Å²) in [6.45, 7) is 0. The minimum atomic E-state index is 0. The van der Waals surface area contributed by atoms with Crippen LogP contribution in [0.25, 0.3) is 0 Å². The third-order valence-corrected chi connectivity index (χ3v) is 0. The molecule has 0 heterocycles. The van der Waals surface area contributed by atoms with Gasteiger partial charge in [-0.25, -0.2) is 0 Å². The molecule has 0 bridgehead atoms. The van der Waals surface area contributed by atoms with Gasteiger partial charge in [0.15, 0.2) is 0 Å². The zero-order valence-electron chi connectivity index (χ0n) is 3.33. The van der Waals surface area contributed by atoms with Gasteiger partial charge >= 0.3 is 78.2 Å². The van der Waals surface area contributed by atoms with Gasteiger partial charge in [-0.15, -0.1) is 0 Å². The van der Waals surface area contributed by atoms with Crippen LogP contribution >= 0.6 is 0 Å². The first-order valence-corrected chi connectivity index (χ1v) is 0. The molecule has 0 rings (SSSR count). The van der Waals surface area contributed by atoms with E-state index >= 15 is 0 Å². The number of hydrogen-bond acceptors (Lipinski definition) is 3. The van der Waals surface area contributed by atoms with Crippen molar-refractivity contribution in [3.63, 3.8) is 0 Å². The molecule has 0 atom stereocenters. The van der Waals surface area contributed by atoms with Crippen molar-refractivity contribution >= 4 is 78.2 Å². The minimum Gasteiger partial charge on any atom is -0.870 e. The second-order valence-electron chi connectivity index (χ2n) is 0. The molecule has 0 saturated heterocycles. The maximum absolute atomic E-state index is 0. The summed E-state index contributed by atoms with van der Waals surface area (Å²) in [5, 5.41) is 0. The third-order valence-electron chi connectivity index (χ3n) is 0. The maximum Gasteiger partial charge on any atom is 3.00 e. The van der Waals surface area contributed by atoms with Crippen molar-refractivity contribution < 1.29 is 16.4 Å². The Labute approximate surface area is 93.1 Å². The summed E-state index contributed by atoms with van der Waals surface area (Å²) < 4.78 is 0. The van der Waals surface area contributed by atoms with Crippen LogP contribution in [0.4, 0.5) is 0 Å². The van der Waals surface area contributed by atoms with Crippen molar-refractivity contribution in [3.05, 3.63) is 0 Å². The van der Waals surface area contributed by atoms with Gasteiger partial charge < -0.3 is 16.4 Å². The van der Waals surface area contributed by atoms with Crippen molar-refractivity contribution in [1.29, 1.82) is 0 Å². The van der Waals surface area contributed by atoms with Gasteiger partial charge in [-0.3, -0.25) is 0 Å². The fourth-order valence-corrected chi connectivity index (χ4v) is 0. The van der Waals surface area contributed by atoms with E-state index in [1.807, 2.05) is 0 Å². The van der Waals surface area contributed by atoms with Crippen molar-refractivity contribution in [3.8, 4) is 0 Å². The van der Waals surface area contributed by atoms with E-state index in [1.54, 1.807) is 0 Å². The zero-order chi connectivity index (χ0) is 0. The van der Waals surface area contributed by atoms with Gasteiger partial charge in [-0.1, -0.05) is 0 Å². The molecule has 0 aromatic carbocycles. The van der Waals surface area contributed by atoms with Crippen LogP contribution in [-0.2, 0) is 0 Å². The Morgan fingerprint density at radius 2 is 0.667 bits per heavy atom. The average Bonchev–Trinajstić information content (AvgIpc) is 0. The molecule has 6 heteroatoms. The molecule has 3 nitrogen and oxygen atoms in total. The van der Waals surface area contributed by atoms with Crippen LogP contribution in [0.2, 0.25) is 0 Å². The van der Waals surface area contributed by atoms with E-state index in [1.165, 1.54) is 0 Å². The molecule has 0 saturated carbocycles. The molecule has 0 aliphatic carbocycles. The largest absolute Gasteiger partial charge is 3.00 e. The quantitative estimate of drug-likeness (QED) is 0.379. The molecule has 24 valence electrons. The molecule has 0 aromatic rings. The Morgan fingerprint density at radius 1 is 0.667 bits per heavy atom. The molecule has 6 heavy (non-hydrogen) atoms. The van der Waals surface area contributed by atoms with Crippen LogP contribution in [-0.4, -0.2) is 94.6 Å². The Morgan fingerprint density at radius 3 is 0.667 bits per heavy atom. The average molecular weight is 142 g/mol. The van der Waals surface area contributed by atoms with Gasteiger partial charge in [-0.05, 0) is 0 Å². The van der Waals surface area contributed by atoms with Crippen LogP contribution < -0.4 is 0 Å². The predicted octanol–water partition coefficient (Wildman–Crippen LogP) is -1.67. The molecule has 3 N–H and O–H groups in total. The van der Waals surface area contributed by atoms with E-state index in [-0.39, 0.29) is 94.6 Å². The second-order valence-corrected chi connectivity index (χ2v) is 0. The smallest absolute Gasteiger partial charge is 0.870 e. The molecule has 0 aromatic heterocycles. The molecule has 0 aliphatic heterocycles. The molecular weight excluding hydrogens is 139 g/mol. The van der Waals surface area contributed by atoms with Gasteiger partial charge in [0.05, 0.1) is 0 Å². The molecule has 0 fully saturated rings. The van der Waals surface area contributed by atoms with E-state index in [0.717, 1.165) is 0 Å². The van der Waals surface area contributed by atoms with Crippen molar-refractivity contribution in [2.75, 3.05) is 0 Å². The van der Waals surface area contributed by atoms with Gasteiger partial charge in [0.25, 0.3) is 0 Å². The molecule has 0 radical (unpaired) electrons. The first kappa shape index (κ1) is 78.5. The topological polar surface area (TPSA) is 90.0 Å². The van der Waals surface area contributed by atoms with Gasteiger partial charge in [0.2, 0.25) is 0 Å². The summed E-state index contributed by atoms with van der Waals surface area (Å²) in [4.78, 5) is 0. The van der Waals surface area contributed by atoms with Gasteiger partial charge in [-0.2, -0.15) is 0 Å². The summed E-state index contributed by atoms with van der Waals surface area (Å²) in [6, 6.07) is 0. The van der Waals surface area contributed by atoms with Crippen LogP contribution in [0.1, 0.15) is 0 Å². The van der Waals surface area contributed by atoms with E-state index in [0.29, 0.717) is 0 Å². The van der Waals surface area contributed by atoms with E-state index in [4.69, 9.17) is 0 Å². The van der Waals surface area contributed by atoms with Crippen molar-refractivity contribution in [2.45, 2.75) is 0 Å². The molecule has 0 amide bonds. The third kappa shape index (κ3) is 32.0. The summed E-state index contributed by atoms with van der Waals surface area (Å²) >= 11 is 0. The van der Waals surface area contributed by atoms with Crippen LogP contribution in [0.15, 0.2) is 0 Å². The number of hydrogen-bond donors (Lipinski definition) is 0. The predicted molar refractivity (Wildman–Crippen MR) is 23.1 cm³/mol. The summed E-state index contributed by atoms with van der Waals surface area (Å²) in [5.41, 5.74) is 0. The Bertz CT molecular complexity index is 10.8. The van der Waals surface area contributed by atoms with Gasteiger partial charge in [0.1, 0.15) is 0 Å². The van der Waals surface area contributed by atoms with Crippen molar-refractivity contribution in [2.24, 2.45) is 0 Å². The van der Waals surface area contributed by atoms with E-state index < -0.39 is 0 Å². The van der Waals surface area contributed by atoms with Gasteiger partial charge in [0, 0.05) is 0 Å². The molecule has 0 aliphatic rings. The monoisotopic (exact) mass is 142 g/mol. The second kappa shape index (κ2) is 51.9. The van der Waals surface area contributed by atoms with Crippen LogP contribution in [0.5, 0.6) is 0 Å². The first-order chi connectivity index (χ1) is 0. The summed E-state index contributed by atoms with van der Waals surface area (Å²) in [5.74, 6) is 0. The Kier molecular flexibility index (Phi) is 679. The molecule has 0 spiro atoms. The fraction of sp³-hybridized carbons (Fsp3) is 0. The summed E-state index contributed by atoms with van der Waals surface area (Å²) in [7, 11) is 0. The molecule has 0 unspecified atom stereocenters. The fourth-order valence-electron chi connectivity index (χ4n) is 0. The zero-order valence-corrected chi connectivity index (χ0v) is 8.11. The van der Waals surface area contributed by atoms with E-state index in [9.17, 15) is 0 Å². The standard InChI is InChI=1S/Al.Ca.Mg.3H2O/h;;;3*1H2/q+3;2*+2;;;/p-3. The maximum atomic E-state index is 0. The first-order valence-electron chi connectivity index (χ1n) is 0. The Balaban J connectivity index is 0. The van der Waals surface area contributed by atoms with Crippen LogP contribution in [0.3, 0.4) is 0 Å². The normalized spacial score (nSPS) is 0. The molecular formula is H3AlCaMgO3+4. The van der Waals surface area contributed by atoms with Crippen LogP contribution in [0, 0.1) is 0 Å². The summed E-state index contributed by atoms with van der Waals surface area (Å²) in [6.07, 6.45) is 0. The Hall–Kier alpha value is 2.44. The van der Waals surface area contributed by atoms with E-state index in [2.05, 4.69) is 0 Å². The van der Waals surface area contributed by atoms with Crippen molar-refractivity contribution in [1.82, 2.24) is 0 Å². The SMILES string of the molecule is [Al+3].[Ca+2].[Mg+2].[OH-].[OH-].[OH-].